The molecule has 0 aliphatic carbocycles. The molecule has 0 radical (unpaired) electrons. The van der Waals surface area contributed by atoms with Crippen molar-refractivity contribution < 1.29 is 18.8 Å². The lowest BCUT2D eigenvalue weighted by molar-refractivity contribution is -0.124. The molecule has 2 unspecified atom stereocenters. The number of carbonyl (C=O) groups is 1. The first-order valence-electron chi connectivity index (χ1n) is 10.9. The molecule has 5 rings (SSSR count). The van der Waals surface area contributed by atoms with E-state index in [1.54, 1.807) is 19.1 Å². The van der Waals surface area contributed by atoms with Crippen molar-refractivity contribution in [1.29, 1.82) is 0 Å². The molecule has 1 N–H and O–H groups in total. The summed E-state index contributed by atoms with van der Waals surface area (Å²) in [5, 5.41) is 8.32. The number of aromatic nitrogens is 1. The lowest BCUT2D eigenvalue weighted by Crippen LogP contribution is -2.32. The van der Waals surface area contributed by atoms with Gasteiger partial charge in [0.15, 0.2) is 11.4 Å². The number of terminal acetylenes is 1. The van der Waals surface area contributed by atoms with E-state index in [0.717, 1.165) is 49.4 Å². The summed E-state index contributed by atoms with van der Waals surface area (Å²) < 4.78 is 16.8. The number of likely N-dealkylation sites (tertiary alicyclic amines) is 2. The molecule has 8 nitrogen and oxygen atoms in total. The fraction of sp³-hybridized carbons (Fsp3) is 0.360. The summed E-state index contributed by atoms with van der Waals surface area (Å²) in [4.78, 5) is 16.0. The Balaban J connectivity index is 1.33. The second-order valence-corrected chi connectivity index (χ2v) is 8.60. The molecule has 1 aromatic heterocycles. The van der Waals surface area contributed by atoms with E-state index in [-0.39, 0.29) is 5.91 Å². The summed E-state index contributed by atoms with van der Waals surface area (Å²) in [5.41, 5.74) is 2.55. The van der Waals surface area contributed by atoms with Crippen LogP contribution in [0.5, 0.6) is 11.5 Å². The Kier molecular flexibility index (Phi) is 5.56. The van der Waals surface area contributed by atoms with E-state index in [1.807, 2.05) is 36.4 Å². The first-order valence-corrected chi connectivity index (χ1v) is 10.9. The molecule has 2 aromatic carbocycles. The summed E-state index contributed by atoms with van der Waals surface area (Å²) in [6.45, 7) is 4.14. The van der Waals surface area contributed by atoms with Crippen molar-refractivity contribution >= 4 is 28.4 Å². The normalized spacial score (nSPS) is 20.0. The van der Waals surface area contributed by atoms with Crippen LogP contribution in [0.2, 0.25) is 0 Å². The van der Waals surface area contributed by atoms with Gasteiger partial charge in [-0.3, -0.25) is 9.69 Å². The lowest BCUT2D eigenvalue weighted by atomic mass is 10.0. The van der Waals surface area contributed by atoms with E-state index >= 15 is 0 Å². The van der Waals surface area contributed by atoms with Crippen LogP contribution in [0.4, 0.5) is 11.5 Å². The van der Waals surface area contributed by atoms with Gasteiger partial charge in [-0.2, -0.15) is 0 Å². The van der Waals surface area contributed by atoms with Crippen molar-refractivity contribution in [1.82, 2.24) is 15.0 Å². The van der Waals surface area contributed by atoms with Gasteiger partial charge in [0.05, 0.1) is 19.9 Å². The summed E-state index contributed by atoms with van der Waals surface area (Å²) in [6, 6.07) is 11.7. The predicted molar refractivity (Wildman–Crippen MR) is 125 cm³/mol. The first kappa shape index (κ1) is 21.2. The molecule has 3 aromatic rings. The number of nitrogens with one attached hydrogen (secondary N) is 1. The number of carbonyl (C=O) groups excluding carboxylic acids is 1. The second-order valence-electron chi connectivity index (χ2n) is 8.60. The van der Waals surface area contributed by atoms with Crippen LogP contribution in [-0.2, 0) is 11.3 Å². The summed E-state index contributed by atoms with van der Waals surface area (Å²) in [5.74, 6) is 4.96. The maximum absolute atomic E-state index is 11.8. The Hall–Kier alpha value is -3.70. The number of rotatable bonds is 6. The van der Waals surface area contributed by atoms with Gasteiger partial charge in [0.2, 0.25) is 0 Å². The molecular weight excluding hydrogens is 420 g/mol. The van der Waals surface area contributed by atoms with E-state index < -0.39 is 0 Å². The zero-order chi connectivity index (χ0) is 22.9. The molecule has 3 heterocycles. The summed E-state index contributed by atoms with van der Waals surface area (Å²) in [6.07, 6.45) is 5.28. The predicted octanol–water partition coefficient (Wildman–Crippen LogP) is 3.11. The largest absolute Gasteiger partial charge is 0.496 e. The number of para-hydroxylation sites is 2. The lowest BCUT2D eigenvalue weighted by Gasteiger charge is -2.20. The standard InChI is InChI=1S/C25H26N4O4/c1-4-23(30)29-14-17-12-28(13-18(17)15-29)11-16-9-21(32-3)24-22(10-16)33-27-25(24)26-19-7-5-6-8-20(19)31-2/h1,5-10,17-18H,11-15H2,2-3H3,(H,26,27). The third kappa shape index (κ3) is 3.96. The molecule has 8 heteroatoms. The SMILES string of the molecule is C#CC(=O)N1CC2CN(Cc3cc(OC)c4c(Nc5ccccc5OC)noc4c3)CC2C1. The molecule has 0 saturated carbocycles. The van der Waals surface area contributed by atoms with Crippen molar-refractivity contribution in [2.24, 2.45) is 11.8 Å². The maximum Gasteiger partial charge on any atom is 0.298 e. The molecular formula is C25H26N4O4. The van der Waals surface area contributed by atoms with Gasteiger partial charge >= 0.3 is 0 Å². The molecule has 2 aliphatic heterocycles. The average molecular weight is 447 g/mol. The number of hydrogen-bond donors (Lipinski definition) is 1. The number of benzene rings is 2. The van der Waals surface area contributed by atoms with Crippen LogP contribution < -0.4 is 14.8 Å². The number of hydrogen-bond acceptors (Lipinski definition) is 7. The smallest absolute Gasteiger partial charge is 0.298 e. The van der Waals surface area contributed by atoms with Gasteiger partial charge in [-0.25, -0.2) is 0 Å². The molecule has 170 valence electrons. The molecule has 0 bridgehead atoms. The monoisotopic (exact) mass is 446 g/mol. The number of nitrogens with zero attached hydrogens (tertiary/aromatic N) is 3. The minimum Gasteiger partial charge on any atom is -0.496 e. The van der Waals surface area contributed by atoms with Gasteiger partial charge in [-0.05, 0) is 47.6 Å². The van der Waals surface area contributed by atoms with E-state index in [2.05, 4.69) is 21.3 Å². The highest BCUT2D eigenvalue weighted by atomic mass is 16.5. The zero-order valence-corrected chi connectivity index (χ0v) is 18.7. The Morgan fingerprint density at radius 3 is 2.58 bits per heavy atom. The molecule has 2 saturated heterocycles. The van der Waals surface area contributed by atoms with E-state index in [1.165, 1.54) is 0 Å². The quantitative estimate of drug-likeness (QED) is 0.583. The highest BCUT2D eigenvalue weighted by Crippen LogP contribution is 2.38. The minimum atomic E-state index is -0.200. The molecule has 0 spiro atoms. The van der Waals surface area contributed by atoms with Crippen molar-refractivity contribution in [2.75, 3.05) is 45.7 Å². The average Bonchev–Trinajstić information content (AvgIpc) is 3.52. The van der Waals surface area contributed by atoms with Crippen molar-refractivity contribution in [2.45, 2.75) is 6.54 Å². The van der Waals surface area contributed by atoms with Crippen LogP contribution in [0.1, 0.15) is 5.56 Å². The first-order chi connectivity index (χ1) is 16.1. The van der Waals surface area contributed by atoms with E-state index in [4.69, 9.17) is 20.4 Å². The van der Waals surface area contributed by atoms with Crippen molar-refractivity contribution in [3.63, 3.8) is 0 Å². The number of ether oxygens (including phenoxy) is 2. The third-order valence-electron chi connectivity index (χ3n) is 6.56. The van der Waals surface area contributed by atoms with Gasteiger partial charge in [0.25, 0.3) is 5.91 Å². The van der Waals surface area contributed by atoms with Crippen LogP contribution >= 0.6 is 0 Å². The van der Waals surface area contributed by atoms with E-state index in [9.17, 15) is 4.79 Å². The van der Waals surface area contributed by atoms with Gasteiger partial charge in [0.1, 0.15) is 16.9 Å². The van der Waals surface area contributed by atoms with Crippen LogP contribution in [-0.4, -0.2) is 61.3 Å². The molecule has 2 atom stereocenters. The molecule has 1 amide bonds. The molecule has 2 fully saturated rings. The number of amides is 1. The van der Waals surface area contributed by atoms with Crippen LogP contribution in [0.15, 0.2) is 40.9 Å². The second kappa shape index (κ2) is 8.68. The van der Waals surface area contributed by atoms with Crippen LogP contribution in [0.3, 0.4) is 0 Å². The Morgan fingerprint density at radius 2 is 1.88 bits per heavy atom. The third-order valence-corrected chi connectivity index (χ3v) is 6.56. The van der Waals surface area contributed by atoms with Crippen molar-refractivity contribution in [3.05, 3.63) is 42.0 Å². The number of anilines is 2. The highest BCUT2D eigenvalue weighted by Gasteiger charge is 2.41. The van der Waals surface area contributed by atoms with Crippen LogP contribution in [0, 0.1) is 24.2 Å². The molecule has 2 aliphatic rings. The Bertz CT molecular complexity index is 1220. The van der Waals surface area contributed by atoms with Gasteiger partial charge < -0.3 is 24.2 Å². The van der Waals surface area contributed by atoms with Gasteiger partial charge in [-0.15, -0.1) is 6.42 Å². The highest BCUT2D eigenvalue weighted by molar-refractivity contribution is 5.96. The molecule has 33 heavy (non-hydrogen) atoms. The van der Waals surface area contributed by atoms with Gasteiger partial charge in [0, 0.05) is 32.7 Å². The van der Waals surface area contributed by atoms with Gasteiger partial charge in [-0.1, -0.05) is 17.3 Å². The topological polar surface area (TPSA) is 80.1 Å². The Morgan fingerprint density at radius 1 is 1.15 bits per heavy atom. The Labute approximate surface area is 192 Å². The van der Waals surface area contributed by atoms with Crippen LogP contribution in [0.25, 0.3) is 11.0 Å². The summed E-state index contributed by atoms with van der Waals surface area (Å²) in [7, 11) is 3.28. The summed E-state index contributed by atoms with van der Waals surface area (Å²) >= 11 is 0. The maximum atomic E-state index is 11.8. The minimum absolute atomic E-state index is 0.200. The zero-order valence-electron chi connectivity index (χ0n) is 18.7. The van der Waals surface area contributed by atoms with Crippen molar-refractivity contribution in [3.8, 4) is 23.8 Å². The fourth-order valence-electron chi connectivity index (χ4n) is 5.04. The number of methoxy groups -OCH3 is 2. The number of fused-ring (bicyclic) bond motifs is 2. The van der Waals surface area contributed by atoms with E-state index in [0.29, 0.717) is 34.7 Å². The fourth-order valence-corrected chi connectivity index (χ4v) is 5.04.